The molecule has 2 aromatic rings. The monoisotopic (exact) mass is 477 g/mol. The second kappa shape index (κ2) is 11.7. The molecule has 1 heterocycles. The van der Waals surface area contributed by atoms with Gasteiger partial charge in [-0.05, 0) is 60.9 Å². The minimum absolute atomic E-state index is 0.0458. The van der Waals surface area contributed by atoms with Gasteiger partial charge in [-0.15, -0.1) is 0 Å². The zero-order valence-corrected chi connectivity index (χ0v) is 21.1. The second-order valence-corrected chi connectivity index (χ2v) is 10.3. The standard InChI is InChI=1S/C29H39N3O3/c1-31(2)24-16-12-22(13-17-24)20-32-27-11-7-6-10-23(27)15-19-25(28(32)33)30-26(29(34)35)18-14-21-8-4-3-5-9-21/h6-7,10-13,16-17,21,25-26,30H,3-5,8-9,14-15,18-20H2,1-2H3,(H,34,35)/t25-,26-/m0/s1. The summed E-state index contributed by atoms with van der Waals surface area (Å²) in [5.41, 5.74) is 4.21. The smallest absolute Gasteiger partial charge is 0.320 e. The van der Waals surface area contributed by atoms with Gasteiger partial charge in [0.05, 0.1) is 12.6 Å². The zero-order valence-electron chi connectivity index (χ0n) is 21.1. The molecule has 1 saturated carbocycles. The summed E-state index contributed by atoms with van der Waals surface area (Å²) in [6.45, 7) is 0.460. The molecule has 1 aliphatic heterocycles. The first-order valence-electron chi connectivity index (χ1n) is 13.1. The summed E-state index contributed by atoms with van der Waals surface area (Å²) in [5.74, 6) is -0.292. The van der Waals surface area contributed by atoms with E-state index in [0.717, 1.165) is 35.3 Å². The molecule has 0 spiro atoms. The Morgan fingerprint density at radius 3 is 2.46 bits per heavy atom. The van der Waals surface area contributed by atoms with E-state index in [1.54, 1.807) is 0 Å². The molecular formula is C29H39N3O3. The van der Waals surface area contributed by atoms with E-state index < -0.39 is 18.1 Å². The quantitative estimate of drug-likeness (QED) is 0.532. The van der Waals surface area contributed by atoms with Gasteiger partial charge < -0.3 is 14.9 Å². The number of nitrogens with zero attached hydrogens (tertiary/aromatic N) is 2. The molecule has 6 heteroatoms. The lowest BCUT2D eigenvalue weighted by Gasteiger charge is -2.29. The van der Waals surface area contributed by atoms with Crippen LogP contribution in [0.15, 0.2) is 48.5 Å². The van der Waals surface area contributed by atoms with Crippen LogP contribution in [0.3, 0.4) is 0 Å². The van der Waals surface area contributed by atoms with Gasteiger partial charge in [0.2, 0.25) is 5.91 Å². The van der Waals surface area contributed by atoms with Crippen LogP contribution >= 0.6 is 0 Å². The number of carboxylic acids is 1. The molecule has 2 aromatic carbocycles. The summed E-state index contributed by atoms with van der Waals surface area (Å²) in [6, 6.07) is 15.1. The normalized spacial score (nSPS) is 19.7. The molecule has 1 aliphatic carbocycles. The highest BCUT2D eigenvalue weighted by Gasteiger charge is 2.33. The van der Waals surface area contributed by atoms with E-state index >= 15 is 0 Å². The largest absolute Gasteiger partial charge is 0.480 e. The van der Waals surface area contributed by atoms with E-state index in [1.807, 2.05) is 37.2 Å². The fourth-order valence-corrected chi connectivity index (χ4v) is 5.51. The van der Waals surface area contributed by atoms with E-state index in [4.69, 9.17) is 0 Å². The molecule has 35 heavy (non-hydrogen) atoms. The third-order valence-corrected chi connectivity index (χ3v) is 7.63. The van der Waals surface area contributed by atoms with Crippen LogP contribution < -0.4 is 15.1 Å². The lowest BCUT2D eigenvalue weighted by Crippen LogP contribution is -2.51. The lowest BCUT2D eigenvalue weighted by atomic mass is 9.85. The Morgan fingerprint density at radius 2 is 1.77 bits per heavy atom. The summed E-state index contributed by atoms with van der Waals surface area (Å²) in [7, 11) is 4.01. The number of carboxylic acid groups (broad SMARTS) is 1. The van der Waals surface area contributed by atoms with Crippen LogP contribution in [0.1, 0.15) is 62.5 Å². The van der Waals surface area contributed by atoms with Gasteiger partial charge in [0.15, 0.2) is 0 Å². The van der Waals surface area contributed by atoms with E-state index in [9.17, 15) is 14.7 Å². The van der Waals surface area contributed by atoms with Crippen molar-refractivity contribution in [2.75, 3.05) is 23.9 Å². The van der Waals surface area contributed by atoms with Gasteiger partial charge in [-0.3, -0.25) is 14.9 Å². The molecule has 2 aliphatic rings. The van der Waals surface area contributed by atoms with Crippen LogP contribution in [0, 0.1) is 5.92 Å². The fraction of sp³-hybridized carbons (Fsp3) is 0.517. The Labute approximate surface area is 209 Å². The highest BCUT2D eigenvalue weighted by atomic mass is 16.4. The maximum absolute atomic E-state index is 13.8. The Hall–Kier alpha value is -2.86. The Balaban J connectivity index is 1.51. The van der Waals surface area contributed by atoms with E-state index in [-0.39, 0.29) is 5.91 Å². The number of benzene rings is 2. The molecule has 1 amide bonds. The van der Waals surface area contributed by atoms with Crippen LogP contribution in [0.25, 0.3) is 0 Å². The first kappa shape index (κ1) is 25.2. The Bertz CT molecular complexity index is 998. The lowest BCUT2D eigenvalue weighted by molar-refractivity contribution is -0.140. The van der Waals surface area contributed by atoms with Crippen molar-refractivity contribution in [3.05, 3.63) is 59.7 Å². The van der Waals surface area contributed by atoms with E-state index in [1.165, 1.54) is 32.1 Å². The summed E-state index contributed by atoms with van der Waals surface area (Å²) < 4.78 is 0. The summed E-state index contributed by atoms with van der Waals surface area (Å²) in [6.07, 6.45) is 9.01. The van der Waals surface area contributed by atoms with Gasteiger partial charge in [0.25, 0.3) is 0 Å². The number of fused-ring (bicyclic) bond motifs is 1. The summed E-state index contributed by atoms with van der Waals surface area (Å²) >= 11 is 0. The number of carbonyl (C=O) groups excluding carboxylic acids is 1. The van der Waals surface area contributed by atoms with Crippen molar-refractivity contribution in [2.45, 2.75) is 76.4 Å². The average Bonchev–Trinajstić information content (AvgIpc) is 2.99. The average molecular weight is 478 g/mol. The molecule has 2 atom stereocenters. The van der Waals surface area contributed by atoms with Crippen molar-refractivity contribution in [3.63, 3.8) is 0 Å². The van der Waals surface area contributed by atoms with Crippen molar-refractivity contribution in [2.24, 2.45) is 5.92 Å². The van der Waals surface area contributed by atoms with Gasteiger partial charge in [0.1, 0.15) is 6.04 Å². The van der Waals surface area contributed by atoms with Crippen LogP contribution in [0.5, 0.6) is 0 Å². The third-order valence-electron chi connectivity index (χ3n) is 7.63. The van der Waals surface area contributed by atoms with Crippen molar-refractivity contribution in [1.82, 2.24) is 5.32 Å². The van der Waals surface area contributed by atoms with Crippen LogP contribution in [-0.2, 0) is 22.6 Å². The molecular weight excluding hydrogens is 438 g/mol. The molecule has 188 valence electrons. The van der Waals surface area contributed by atoms with E-state index in [0.29, 0.717) is 25.3 Å². The SMILES string of the molecule is CN(C)c1ccc(CN2C(=O)[C@@H](N[C@@H](CCC3CCCCC3)C(=O)O)CCc3ccccc32)cc1. The van der Waals surface area contributed by atoms with Crippen LogP contribution in [0.2, 0.25) is 0 Å². The van der Waals surface area contributed by atoms with Crippen LogP contribution in [-0.4, -0.2) is 43.2 Å². The number of carbonyl (C=O) groups is 2. The second-order valence-electron chi connectivity index (χ2n) is 10.3. The fourth-order valence-electron chi connectivity index (χ4n) is 5.51. The van der Waals surface area contributed by atoms with Gasteiger partial charge in [-0.25, -0.2) is 0 Å². The molecule has 0 bridgehead atoms. The third kappa shape index (κ3) is 6.43. The van der Waals surface area contributed by atoms with Crippen molar-refractivity contribution in [1.29, 1.82) is 0 Å². The molecule has 0 saturated heterocycles. The number of hydrogen-bond donors (Lipinski definition) is 2. The van der Waals surface area contributed by atoms with Crippen molar-refractivity contribution >= 4 is 23.3 Å². The van der Waals surface area contributed by atoms with Gasteiger partial charge in [-0.2, -0.15) is 0 Å². The highest BCUT2D eigenvalue weighted by Crippen LogP contribution is 2.30. The first-order chi connectivity index (χ1) is 16.9. The van der Waals surface area contributed by atoms with Gasteiger partial charge in [-0.1, -0.05) is 62.4 Å². The predicted octanol–water partition coefficient (Wildman–Crippen LogP) is 5.00. The maximum atomic E-state index is 13.8. The van der Waals surface area contributed by atoms with Gasteiger partial charge in [0, 0.05) is 25.5 Å². The number of rotatable bonds is 9. The highest BCUT2D eigenvalue weighted by molar-refractivity contribution is 5.98. The number of amides is 1. The number of nitrogens with one attached hydrogen (secondary N) is 1. The molecule has 1 fully saturated rings. The van der Waals surface area contributed by atoms with Crippen molar-refractivity contribution in [3.8, 4) is 0 Å². The molecule has 0 radical (unpaired) electrons. The summed E-state index contributed by atoms with van der Waals surface area (Å²) in [4.78, 5) is 29.8. The van der Waals surface area contributed by atoms with Crippen LogP contribution in [0.4, 0.5) is 11.4 Å². The number of aryl methyl sites for hydroxylation is 1. The zero-order chi connectivity index (χ0) is 24.8. The number of para-hydroxylation sites is 1. The Kier molecular flexibility index (Phi) is 8.45. The molecule has 0 aromatic heterocycles. The van der Waals surface area contributed by atoms with Crippen molar-refractivity contribution < 1.29 is 14.7 Å². The molecule has 4 rings (SSSR count). The minimum atomic E-state index is -0.860. The number of aliphatic carboxylic acids is 1. The maximum Gasteiger partial charge on any atom is 0.320 e. The summed E-state index contributed by atoms with van der Waals surface area (Å²) in [5, 5.41) is 13.2. The Morgan fingerprint density at radius 1 is 1.06 bits per heavy atom. The number of anilines is 2. The molecule has 6 nitrogen and oxygen atoms in total. The minimum Gasteiger partial charge on any atom is -0.480 e. The molecule has 0 unspecified atom stereocenters. The topological polar surface area (TPSA) is 72.9 Å². The number of hydrogen-bond acceptors (Lipinski definition) is 4. The van der Waals surface area contributed by atoms with E-state index in [2.05, 4.69) is 40.5 Å². The van der Waals surface area contributed by atoms with Gasteiger partial charge >= 0.3 is 5.97 Å². The predicted molar refractivity (Wildman–Crippen MR) is 141 cm³/mol. The molecule has 2 N–H and O–H groups in total. The first-order valence-corrected chi connectivity index (χ1v) is 13.1.